The minimum absolute atomic E-state index is 0.0673. The fraction of sp³-hybridized carbons (Fsp3) is 0.818. The van der Waals surface area contributed by atoms with Gasteiger partial charge in [-0.1, -0.05) is 6.92 Å². The standard InChI is InChI=1S/C11H21NO3/c1-8(5-6-12)9(7-13)10(14)15-11(2,3)4/h7-9H,5-6,12H2,1-4H3. The summed E-state index contributed by atoms with van der Waals surface area (Å²) in [4.78, 5) is 22.4. The minimum Gasteiger partial charge on any atom is -0.459 e. The molecule has 15 heavy (non-hydrogen) atoms. The Morgan fingerprint density at radius 2 is 2.00 bits per heavy atom. The van der Waals surface area contributed by atoms with Gasteiger partial charge in [-0.15, -0.1) is 0 Å². The molecule has 2 N–H and O–H groups in total. The second-order valence-electron chi connectivity index (χ2n) is 4.75. The van der Waals surface area contributed by atoms with E-state index in [-0.39, 0.29) is 5.92 Å². The number of ether oxygens (including phenoxy) is 1. The maximum atomic E-state index is 11.6. The molecule has 0 aromatic heterocycles. The Balaban J connectivity index is 4.41. The van der Waals surface area contributed by atoms with Crippen LogP contribution in [0.3, 0.4) is 0 Å². The lowest BCUT2D eigenvalue weighted by Gasteiger charge is -2.24. The van der Waals surface area contributed by atoms with Crippen molar-refractivity contribution in [2.24, 2.45) is 17.6 Å². The van der Waals surface area contributed by atoms with Crippen LogP contribution in [0.2, 0.25) is 0 Å². The minimum atomic E-state index is -0.701. The van der Waals surface area contributed by atoms with E-state index >= 15 is 0 Å². The topological polar surface area (TPSA) is 69.4 Å². The molecule has 0 heterocycles. The van der Waals surface area contributed by atoms with Crippen LogP contribution in [0.25, 0.3) is 0 Å². The highest BCUT2D eigenvalue weighted by molar-refractivity contribution is 5.88. The molecule has 0 aliphatic carbocycles. The van der Waals surface area contributed by atoms with Crippen molar-refractivity contribution in [2.75, 3.05) is 6.54 Å². The predicted octanol–water partition coefficient (Wildman–Crippen LogP) is 1.13. The Morgan fingerprint density at radius 1 is 1.47 bits per heavy atom. The fourth-order valence-corrected chi connectivity index (χ4v) is 1.23. The van der Waals surface area contributed by atoms with E-state index in [1.54, 1.807) is 20.8 Å². The molecule has 0 amide bonds. The molecular weight excluding hydrogens is 194 g/mol. The summed E-state index contributed by atoms with van der Waals surface area (Å²) in [5.74, 6) is -1.23. The van der Waals surface area contributed by atoms with E-state index in [0.717, 1.165) is 0 Å². The summed E-state index contributed by atoms with van der Waals surface area (Å²) in [7, 11) is 0. The average Bonchev–Trinajstić information content (AvgIpc) is 2.02. The summed E-state index contributed by atoms with van der Waals surface area (Å²) in [6, 6.07) is 0. The number of hydrogen-bond acceptors (Lipinski definition) is 4. The van der Waals surface area contributed by atoms with Crippen molar-refractivity contribution in [3.63, 3.8) is 0 Å². The Morgan fingerprint density at radius 3 is 2.33 bits per heavy atom. The van der Waals surface area contributed by atoms with Gasteiger partial charge >= 0.3 is 5.97 Å². The van der Waals surface area contributed by atoms with Crippen LogP contribution < -0.4 is 5.73 Å². The molecule has 4 heteroatoms. The van der Waals surface area contributed by atoms with Gasteiger partial charge in [0.1, 0.15) is 17.8 Å². The highest BCUT2D eigenvalue weighted by atomic mass is 16.6. The first-order valence-electron chi connectivity index (χ1n) is 5.20. The summed E-state index contributed by atoms with van der Waals surface area (Å²) in [5, 5.41) is 0. The predicted molar refractivity (Wildman–Crippen MR) is 58.2 cm³/mol. The van der Waals surface area contributed by atoms with E-state index in [0.29, 0.717) is 19.3 Å². The van der Waals surface area contributed by atoms with Gasteiger partial charge in [-0.05, 0) is 39.7 Å². The molecule has 2 atom stereocenters. The third kappa shape index (κ3) is 5.52. The summed E-state index contributed by atoms with van der Waals surface area (Å²) >= 11 is 0. The maximum Gasteiger partial charge on any atom is 0.316 e. The first kappa shape index (κ1) is 14.1. The van der Waals surface area contributed by atoms with Crippen LogP contribution in [0.1, 0.15) is 34.1 Å². The molecule has 0 bridgehead atoms. The van der Waals surface area contributed by atoms with Crippen LogP contribution >= 0.6 is 0 Å². The van der Waals surface area contributed by atoms with Gasteiger partial charge in [-0.25, -0.2) is 0 Å². The molecule has 0 spiro atoms. The first-order valence-corrected chi connectivity index (χ1v) is 5.20. The summed E-state index contributed by atoms with van der Waals surface area (Å²) in [6.07, 6.45) is 1.29. The van der Waals surface area contributed by atoms with E-state index in [4.69, 9.17) is 10.5 Å². The quantitative estimate of drug-likeness (QED) is 0.424. The third-order valence-electron chi connectivity index (χ3n) is 2.06. The van der Waals surface area contributed by atoms with E-state index in [2.05, 4.69) is 0 Å². The molecule has 0 rings (SSSR count). The molecule has 0 fully saturated rings. The number of hydrogen-bond donors (Lipinski definition) is 1. The van der Waals surface area contributed by atoms with Gasteiger partial charge in [0, 0.05) is 0 Å². The van der Waals surface area contributed by atoms with E-state index in [1.807, 2.05) is 6.92 Å². The third-order valence-corrected chi connectivity index (χ3v) is 2.06. The van der Waals surface area contributed by atoms with Crippen LogP contribution in [0.4, 0.5) is 0 Å². The molecular formula is C11H21NO3. The smallest absolute Gasteiger partial charge is 0.316 e. The molecule has 88 valence electrons. The van der Waals surface area contributed by atoms with Crippen LogP contribution in [-0.2, 0) is 14.3 Å². The van der Waals surface area contributed by atoms with E-state index in [9.17, 15) is 9.59 Å². The first-order chi connectivity index (χ1) is 6.81. The Bertz CT molecular complexity index is 220. The number of nitrogens with two attached hydrogens (primary N) is 1. The van der Waals surface area contributed by atoms with Gasteiger partial charge in [0.2, 0.25) is 0 Å². The number of carbonyl (C=O) groups is 2. The normalized spacial score (nSPS) is 15.5. The molecule has 0 saturated carbocycles. The van der Waals surface area contributed by atoms with Crippen LogP contribution in [0.5, 0.6) is 0 Å². The largest absolute Gasteiger partial charge is 0.459 e. The molecule has 0 aliphatic heterocycles. The lowest BCUT2D eigenvalue weighted by atomic mass is 9.92. The van der Waals surface area contributed by atoms with Gasteiger partial charge in [-0.2, -0.15) is 0 Å². The zero-order chi connectivity index (χ0) is 12.1. The van der Waals surface area contributed by atoms with E-state index < -0.39 is 17.5 Å². The molecule has 2 unspecified atom stereocenters. The maximum absolute atomic E-state index is 11.6. The zero-order valence-corrected chi connectivity index (χ0v) is 9.95. The molecule has 4 nitrogen and oxygen atoms in total. The van der Waals surface area contributed by atoms with Crippen molar-refractivity contribution in [2.45, 2.75) is 39.7 Å². The van der Waals surface area contributed by atoms with Crippen molar-refractivity contribution in [1.29, 1.82) is 0 Å². The van der Waals surface area contributed by atoms with Crippen LogP contribution in [0.15, 0.2) is 0 Å². The van der Waals surface area contributed by atoms with Crippen molar-refractivity contribution in [3.8, 4) is 0 Å². The average molecular weight is 215 g/mol. The van der Waals surface area contributed by atoms with Gasteiger partial charge in [0.15, 0.2) is 0 Å². The zero-order valence-electron chi connectivity index (χ0n) is 9.95. The van der Waals surface area contributed by atoms with Crippen molar-refractivity contribution < 1.29 is 14.3 Å². The Hall–Kier alpha value is -0.900. The van der Waals surface area contributed by atoms with Gasteiger partial charge < -0.3 is 15.3 Å². The summed E-state index contributed by atoms with van der Waals surface area (Å²) < 4.78 is 5.15. The van der Waals surface area contributed by atoms with Crippen molar-refractivity contribution >= 4 is 12.3 Å². The van der Waals surface area contributed by atoms with Crippen LogP contribution in [-0.4, -0.2) is 24.4 Å². The summed E-state index contributed by atoms with van der Waals surface area (Å²) in [5.41, 5.74) is 4.83. The van der Waals surface area contributed by atoms with Crippen molar-refractivity contribution in [3.05, 3.63) is 0 Å². The summed E-state index contributed by atoms with van der Waals surface area (Å²) in [6.45, 7) is 7.63. The van der Waals surface area contributed by atoms with Crippen molar-refractivity contribution in [1.82, 2.24) is 0 Å². The molecule has 0 aliphatic rings. The highest BCUT2D eigenvalue weighted by Crippen LogP contribution is 2.18. The van der Waals surface area contributed by atoms with Gasteiger partial charge in [0.05, 0.1) is 0 Å². The lowest BCUT2D eigenvalue weighted by molar-refractivity contribution is -0.162. The number of aldehydes is 1. The lowest BCUT2D eigenvalue weighted by Crippen LogP contribution is -2.33. The molecule has 0 radical (unpaired) electrons. The fourth-order valence-electron chi connectivity index (χ4n) is 1.23. The van der Waals surface area contributed by atoms with Crippen LogP contribution in [0, 0.1) is 11.8 Å². The molecule has 0 saturated heterocycles. The second kappa shape index (κ2) is 5.85. The van der Waals surface area contributed by atoms with Gasteiger partial charge in [0.25, 0.3) is 0 Å². The molecule has 0 aromatic carbocycles. The van der Waals surface area contributed by atoms with E-state index in [1.165, 1.54) is 0 Å². The Labute approximate surface area is 91.2 Å². The Kier molecular flexibility index (Phi) is 5.50. The molecule has 0 aromatic rings. The SMILES string of the molecule is CC(CCN)C(C=O)C(=O)OC(C)(C)C. The monoisotopic (exact) mass is 215 g/mol. The number of carbonyl (C=O) groups excluding carboxylic acids is 2. The number of rotatable bonds is 5. The highest BCUT2D eigenvalue weighted by Gasteiger charge is 2.28. The number of esters is 1. The second-order valence-corrected chi connectivity index (χ2v) is 4.75. The van der Waals surface area contributed by atoms with Gasteiger partial charge in [-0.3, -0.25) is 4.79 Å².